The van der Waals surface area contributed by atoms with E-state index in [2.05, 4.69) is 20.6 Å². The van der Waals surface area contributed by atoms with Gasteiger partial charge in [-0.15, -0.1) is 0 Å². The van der Waals surface area contributed by atoms with Gasteiger partial charge in [0, 0.05) is 17.9 Å². The van der Waals surface area contributed by atoms with Gasteiger partial charge in [0.2, 0.25) is 5.95 Å². The molecule has 0 aliphatic carbocycles. The van der Waals surface area contributed by atoms with E-state index >= 15 is 0 Å². The number of benzene rings is 1. The van der Waals surface area contributed by atoms with Crippen LogP contribution in [0.25, 0.3) is 0 Å². The quantitative estimate of drug-likeness (QED) is 0.895. The van der Waals surface area contributed by atoms with Gasteiger partial charge in [-0.3, -0.25) is 0 Å². The molecule has 6 nitrogen and oxygen atoms in total. The van der Waals surface area contributed by atoms with Crippen molar-refractivity contribution in [3.05, 3.63) is 42.3 Å². The zero-order valence-electron chi connectivity index (χ0n) is 11.7. The molecule has 2 heterocycles. The number of halogens is 1. The lowest BCUT2D eigenvalue weighted by molar-refractivity contribution is 0.602. The summed E-state index contributed by atoms with van der Waals surface area (Å²) in [5.41, 5.74) is 0.542. The number of nitrogens with zero attached hydrogens (tertiary/aromatic N) is 2. The van der Waals surface area contributed by atoms with Crippen LogP contribution in [0.15, 0.2) is 36.5 Å². The molecule has 0 spiro atoms. The van der Waals surface area contributed by atoms with E-state index in [0.717, 1.165) is 0 Å². The molecule has 1 aliphatic rings. The normalized spacial score (nSPS) is 19.8. The molecule has 0 bridgehead atoms. The number of aromatic nitrogens is 2. The fourth-order valence-electron chi connectivity index (χ4n) is 2.31. The van der Waals surface area contributed by atoms with E-state index in [4.69, 9.17) is 0 Å². The number of nitrogens with one attached hydrogen (secondary N) is 2. The van der Waals surface area contributed by atoms with Crippen molar-refractivity contribution in [1.29, 1.82) is 0 Å². The maximum atomic E-state index is 13.1. The molecule has 0 amide bonds. The summed E-state index contributed by atoms with van der Waals surface area (Å²) in [5, 5.41) is 6.00. The molecule has 1 aromatic carbocycles. The molecule has 1 aromatic heterocycles. The van der Waals surface area contributed by atoms with Gasteiger partial charge < -0.3 is 10.6 Å². The van der Waals surface area contributed by atoms with Crippen molar-refractivity contribution in [3.8, 4) is 0 Å². The predicted octanol–water partition coefficient (Wildman–Crippen LogP) is 1.96. The van der Waals surface area contributed by atoms with Crippen LogP contribution in [0.4, 0.5) is 21.8 Å². The molecule has 2 aromatic rings. The summed E-state index contributed by atoms with van der Waals surface area (Å²) in [6, 6.07) is 7.51. The summed E-state index contributed by atoms with van der Waals surface area (Å²) in [6.07, 6.45) is 2.12. The largest absolute Gasteiger partial charge is 0.366 e. The molecule has 22 heavy (non-hydrogen) atoms. The fourth-order valence-corrected chi connectivity index (χ4v) is 3.99. The monoisotopic (exact) mass is 322 g/mol. The average Bonchev–Trinajstić information content (AvgIpc) is 2.78. The minimum Gasteiger partial charge on any atom is -0.366 e. The number of sulfone groups is 1. The van der Waals surface area contributed by atoms with Gasteiger partial charge in [-0.2, -0.15) is 4.98 Å². The first-order valence-corrected chi connectivity index (χ1v) is 8.65. The second kappa shape index (κ2) is 5.88. The minimum absolute atomic E-state index is 0.115. The summed E-state index contributed by atoms with van der Waals surface area (Å²) >= 11 is 0. The Labute approximate surface area is 127 Å². The van der Waals surface area contributed by atoms with Crippen molar-refractivity contribution < 1.29 is 12.8 Å². The molecule has 116 valence electrons. The lowest BCUT2D eigenvalue weighted by Crippen LogP contribution is -2.21. The lowest BCUT2D eigenvalue weighted by Gasteiger charge is -2.12. The Bertz CT molecular complexity index is 782. The van der Waals surface area contributed by atoms with Gasteiger partial charge in [-0.1, -0.05) is 6.07 Å². The molecule has 2 N–H and O–H groups in total. The summed E-state index contributed by atoms with van der Waals surface area (Å²) in [5.74, 6) is 0.816. The van der Waals surface area contributed by atoms with Crippen molar-refractivity contribution in [2.24, 2.45) is 0 Å². The maximum absolute atomic E-state index is 13.1. The van der Waals surface area contributed by atoms with Crippen LogP contribution in [0.5, 0.6) is 0 Å². The van der Waals surface area contributed by atoms with Crippen LogP contribution in [-0.2, 0) is 9.84 Å². The van der Waals surface area contributed by atoms with Gasteiger partial charge in [0.15, 0.2) is 9.84 Å². The van der Waals surface area contributed by atoms with E-state index in [1.807, 2.05) is 0 Å². The van der Waals surface area contributed by atoms with E-state index < -0.39 is 9.84 Å². The average molecular weight is 322 g/mol. The van der Waals surface area contributed by atoms with Crippen molar-refractivity contribution in [3.63, 3.8) is 0 Å². The highest BCUT2D eigenvalue weighted by molar-refractivity contribution is 7.91. The standard InChI is InChI=1S/C14H15FN4O2S/c15-10-2-1-3-11(8-10)18-14-16-6-4-13(19-14)17-12-5-7-22(20,21)9-12/h1-4,6,8,12H,5,7,9H2,(H2,16,17,18,19). The zero-order chi connectivity index (χ0) is 15.6. The minimum atomic E-state index is -2.94. The van der Waals surface area contributed by atoms with Crippen LogP contribution in [0.3, 0.4) is 0 Å². The van der Waals surface area contributed by atoms with Gasteiger partial charge in [-0.25, -0.2) is 17.8 Å². The Morgan fingerprint density at radius 1 is 1.27 bits per heavy atom. The summed E-state index contributed by atoms with van der Waals surface area (Å²) in [4.78, 5) is 8.32. The third kappa shape index (κ3) is 3.70. The van der Waals surface area contributed by atoms with Crippen LogP contribution in [0, 0.1) is 5.82 Å². The highest BCUT2D eigenvalue weighted by Crippen LogP contribution is 2.18. The SMILES string of the molecule is O=S1(=O)CCC(Nc2ccnc(Nc3cccc(F)c3)n2)C1. The second-order valence-corrected chi connectivity index (χ2v) is 7.37. The number of anilines is 3. The van der Waals surface area contributed by atoms with Crippen molar-refractivity contribution in [1.82, 2.24) is 9.97 Å². The van der Waals surface area contributed by atoms with Gasteiger partial charge in [0.1, 0.15) is 11.6 Å². The Morgan fingerprint density at radius 2 is 2.14 bits per heavy atom. The van der Waals surface area contributed by atoms with Crippen molar-refractivity contribution in [2.75, 3.05) is 22.1 Å². The van der Waals surface area contributed by atoms with Gasteiger partial charge in [0.05, 0.1) is 11.5 Å². The maximum Gasteiger partial charge on any atom is 0.229 e. The number of rotatable bonds is 4. The van der Waals surface area contributed by atoms with Gasteiger partial charge >= 0.3 is 0 Å². The lowest BCUT2D eigenvalue weighted by atomic mass is 10.2. The molecule has 1 saturated heterocycles. The van der Waals surface area contributed by atoms with Crippen LogP contribution in [0.1, 0.15) is 6.42 Å². The molecule has 1 fully saturated rings. The molecule has 0 radical (unpaired) electrons. The van der Waals surface area contributed by atoms with E-state index in [0.29, 0.717) is 23.9 Å². The highest BCUT2D eigenvalue weighted by Gasteiger charge is 2.27. The van der Waals surface area contributed by atoms with Crippen LogP contribution in [0.2, 0.25) is 0 Å². The highest BCUT2D eigenvalue weighted by atomic mass is 32.2. The van der Waals surface area contributed by atoms with Gasteiger partial charge in [0.25, 0.3) is 0 Å². The zero-order valence-corrected chi connectivity index (χ0v) is 12.5. The van der Waals surface area contributed by atoms with Crippen LogP contribution < -0.4 is 10.6 Å². The summed E-state index contributed by atoms with van der Waals surface area (Å²) in [7, 11) is -2.94. The van der Waals surface area contributed by atoms with Crippen LogP contribution in [-0.4, -0.2) is 35.9 Å². The smallest absolute Gasteiger partial charge is 0.229 e. The molecule has 1 aliphatic heterocycles. The molecule has 1 atom stereocenters. The van der Waals surface area contributed by atoms with E-state index in [9.17, 15) is 12.8 Å². The first kappa shape index (κ1) is 14.7. The van der Waals surface area contributed by atoms with Gasteiger partial charge in [-0.05, 0) is 30.7 Å². The fraction of sp³-hybridized carbons (Fsp3) is 0.286. The van der Waals surface area contributed by atoms with Crippen molar-refractivity contribution >= 4 is 27.3 Å². The van der Waals surface area contributed by atoms with E-state index in [1.165, 1.54) is 12.1 Å². The molecular weight excluding hydrogens is 307 g/mol. The summed E-state index contributed by atoms with van der Waals surface area (Å²) in [6.45, 7) is 0. The summed E-state index contributed by atoms with van der Waals surface area (Å²) < 4.78 is 36.0. The predicted molar refractivity (Wildman–Crippen MR) is 82.4 cm³/mol. The Kier molecular flexibility index (Phi) is 3.93. The molecular formula is C14H15FN4O2S. The molecule has 0 saturated carbocycles. The third-order valence-corrected chi connectivity index (χ3v) is 5.09. The van der Waals surface area contributed by atoms with E-state index in [-0.39, 0.29) is 23.4 Å². The van der Waals surface area contributed by atoms with E-state index in [1.54, 1.807) is 24.4 Å². The topological polar surface area (TPSA) is 84.0 Å². The second-order valence-electron chi connectivity index (χ2n) is 5.15. The Hall–Kier alpha value is -2.22. The van der Waals surface area contributed by atoms with Crippen LogP contribution >= 0.6 is 0 Å². The number of hydrogen-bond donors (Lipinski definition) is 2. The third-order valence-electron chi connectivity index (χ3n) is 3.32. The van der Waals surface area contributed by atoms with Crippen molar-refractivity contribution in [2.45, 2.75) is 12.5 Å². The first-order valence-electron chi connectivity index (χ1n) is 6.83. The Morgan fingerprint density at radius 3 is 2.86 bits per heavy atom. The molecule has 1 unspecified atom stereocenters. The Balaban J connectivity index is 1.70. The first-order chi connectivity index (χ1) is 10.5. The molecule has 8 heteroatoms. The molecule has 3 rings (SSSR count). The number of hydrogen-bond acceptors (Lipinski definition) is 6.